The zero-order chi connectivity index (χ0) is 21.1. The van der Waals surface area contributed by atoms with E-state index in [1.807, 2.05) is 48.3 Å². The molecule has 4 rings (SSSR count). The minimum atomic E-state index is -0.261. The zero-order valence-corrected chi connectivity index (χ0v) is 16.7. The van der Waals surface area contributed by atoms with Crippen molar-refractivity contribution in [2.75, 3.05) is 12.4 Å². The molecule has 4 aromatic rings. The van der Waals surface area contributed by atoms with Gasteiger partial charge < -0.3 is 24.3 Å². The summed E-state index contributed by atoms with van der Waals surface area (Å²) in [5, 5.41) is 13.9. The maximum absolute atomic E-state index is 12.5. The number of carbonyl (C=O) groups excluding carboxylic acids is 1. The summed E-state index contributed by atoms with van der Waals surface area (Å²) < 4.78 is 9.01. The lowest BCUT2D eigenvalue weighted by Gasteiger charge is -2.09. The van der Waals surface area contributed by atoms with E-state index in [1.54, 1.807) is 30.6 Å². The Kier molecular flexibility index (Phi) is 5.26. The number of imidazole rings is 1. The fourth-order valence-corrected chi connectivity index (χ4v) is 3.37. The predicted octanol–water partition coefficient (Wildman–Crippen LogP) is 3.79. The Morgan fingerprint density at radius 2 is 2.13 bits per heavy atom. The number of fused-ring (bicyclic) bond motifs is 1. The topological polar surface area (TPSA) is 81.3 Å². The smallest absolute Gasteiger partial charge is 0.248 e. The van der Waals surface area contributed by atoms with Crippen molar-refractivity contribution in [2.24, 2.45) is 7.05 Å². The first-order chi connectivity index (χ1) is 14.5. The van der Waals surface area contributed by atoms with Crippen LogP contribution in [0.1, 0.15) is 11.3 Å². The van der Waals surface area contributed by atoms with E-state index in [2.05, 4.69) is 14.9 Å². The van der Waals surface area contributed by atoms with E-state index in [9.17, 15) is 9.90 Å². The number of methoxy groups -OCH3 is 1. The van der Waals surface area contributed by atoms with Crippen molar-refractivity contribution in [3.05, 3.63) is 78.5 Å². The largest absolute Gasteiger partial charge is 0.504 e. The highest BCUT2D eigenvalue weighted by molar-refractivity contribution is 6.06. The van der Waals surface area contributed by atoms with E-state index in [4.69, 9.17) is 4.74 Å². The maximum Gasteiger partial charge on any atom is 0.248 e. The number of phenols is 1. The predicted molar refractivity (Wildman–Crippen MR) is 117 cm³/mol. The summed E-state index contributed by atoms with van der Waals surface area (Å²) >= 11 is 0. The molecule has 2 N–H and O–H groups in total. The van der Waals surface area contributed by atoms with Crippen LogP contribution in [0.15, 0.2) is 67.3 Å². The van der Waals surface area contributed by atoms with Gasteiger partial charge in [-0.05, 0) is 35.9 Å². The number of ether oxygens (including phenoxy) is 1. The fourth-order valence-electron chi connectivity index (χ4n) is 3.37. The minimum Gasteiger partial charge on any atom is -0.504 e. The highest BCUT2D eigenvalue weighted by atomic mass is 16.5. The van der Waals surface area contributed by atoms with Gasteiger partial charge in [0, 0.05) is 30.9 Å². The average molecular weight is 402 g/mol. The number of rotatable bonds is 6. The molecule has 7 nitrogen and oxygen atoms in total. The van der Waals surface area contributed by atoms with Crippen LogP contribution in [-0.4, -0.2) is 32.2 Å². The van der Waals surface area contributed by atoms with E-state index in [-0.39, 0.29) is 11.7 Å². The van der Waals surface area contributed by atoms with Crippen LogP contribution in [0.5, 0.6) is 11.5 Å². The number of hydrogen-bond acceptors (Lipinski definition) is 4. The number of aromatic hydroxyl groups is 1. The van der Waals surface area contributed by atoms with Crippen LogP contribution < -0.4 is 10.1 Å². The molecule has 2 aromatic heterocycles. The Morgan fingerprint density at radius 1 is 1.27 bits per heavy atom. The first kappa shape index (κ1) is 19.3. The molecule has 0 bridgehead atoms. The van der Waals surface area contributed by atoms with Crippen molar-refractivity contribution in [1.29, 1.82) is 0 Å². The van der Waals surface area contributed by atoms with Gasteiger partial charge >= 0.3 is 0 Å². The van der Waals surface area contributed by atoms with Crippen LogP contribution in [0.2, 0.25) is 0 Å². The third-order valence-corrected chi connectivity index (χ3v) is 4.77. The summed E-state index contributed by atoms with van der Waals surface area (Å²) in [4.78, 5) is 16.9. The summed E-state index contributed by atoms with van der Waals surface area (Å²) in [6.45, 7) is 0.609. The second kappa shape index (κ2) is 8.16. The average Bonchev–Trinajstić information content (AvgIpc) is 3.33. The van der Waals surface area contributed by atoms with E-state index in [0.29, 0.717) is 17.9 Å². The number of aromatic nitrogens is 3. The molecule has 2 heterocycles. The van der Waals surface area contributed by atoms with Crippen LogP contribution >= 0.6 is 0 Å². The normalized spacial score (nSPS) is 11.3. The quantitative estimate of drug-likeness (QED) is 0.481. The van der Waals surface area contributed by atoms with Gasteiger partial charge in [0.1, 0.15) is 0 Å². The number of nitrogens with zero attached hydrogens (tertiary/aromatic N) is 3. The molecule has 0 aliphatic carbocycles. The molecule has 2 aromatic carbocycles. The number of carbonyl (C=O) groups is 1. The Hall–Kier alpha value is -4.00. The van der Waals surface area contributed by atoms with Crippen molar-refractivity contribution >= 4 is 28.6 Å². The van der Waals surface area contributed by atoms with Gasteiger partial charge in [-0.3, -0.25) is 4.79 Å². The SMILES string of the molecule is COc1ccc(/C=C/C(=O)Nc2cccc3ccn(Cc4cn(C)cn4)c23)cc1O. The van der Waals surface area contributed by atoms with Gasteiger partial charge in [-0.15, -0.1) is 0 Å². The van der Waals surface area contributed by atoms with Crippen molar-refractivity contribution in [1.82, 2.24) is 14.1 Å². The van der Waals surface area contributed by atoms with Gasteiger partial charge in [0.05, 0.1) is 36.9 Å². The lowest BCUT2D eigenvalue weighted by atomic mass is 10.2. The van der Waals surface area contributed by atoms with E-state index in [1.165, 1.54) is 13.2 Å². The second-order valence-corrected chi connectivity index (χ2v) is 6.97. The van der Waals surface area contributed by atoms with Crippen molar-refractivity contribution in [2.45, 2.75) is 6.54 Å². The highest BCUT2D eigenvalue weighted by Crippen LogP contribution is 2.27. The van der Waals surface area contributed by atoms with Gasteiger partial charge in [0.25, 0.3) is 0 Å². The van der Waals surface area contributed by atoms with Gasteiger partial charge in [-0.1, -0.05) is 18.2 Å². The van der Waals surface area contributed by atoms with Crippen LogP contribution in [0.3, 0.4) is 0 Å². The zero-order valence-electron chi connectivity index (χ0n) is 16.7. The van der Waals surface area contributed by atoms with Gasteiger partial charge in [-0.2, -0.15) is 0 Å². The van der Waals surface area contributed by atoms with Crippen molar-refractivity contribution in [3.63, 3.8) is 0 Å². The monoisotopic (exact) mass is 402 g/mol. The van der Waals surface area contributed by atoms with Crippen LogP contribution in [0.4, 0.5) is 5.69 Å². The molecule has 0 spiro atoms. The van der Waals surface area contributed by atoms with Crippen molar-refractivity contribution in [3.8, 4) is 11.5 Å². The van der Waals surface area contributed by atoms with Gasteiger partial charge in [0.15, 0.2) is 11.5 Å². The van der Waals surface area contributed by atoms with E-state index in [0.717, 1.165) is 22.3 Å². The number of anilines is 1. The summed E-state index contributed by atoms with van der Waals surface area (Å²) in [6, 6.07) is 12.8. The summed E-state index contributed by atoms with van der Waals surface area (Å²) in [6.07, 6.45) is 8.81. The molecule has 0 atom stereocenters. The Bertz CT molecular complexity index is 1240. The molecule has 0 saturated heterocycles. The summed E-state index contributed by atoms with van der Waals surface area (Å²) in [5.74, 6) is 0.150. The lowest BCUT2D eigenvalue weighted by molar-refractivity contribution is -0.111. The summed E-state index contributed by atoms with van der Waals surface area (Å²) in [5.41, 5.74) is 3.29. The number of aryl methyl sites for hydroxylation is 1. The molecule has 0 aliphatic rings. The van der Waals surface area contributed by atoms with Gasteiger partial charge in [0.2, 0.25) is 5.91 Å². The molecule has 0 aliphatic heterocycles. The third kappa shape index (κ3) is 4.05. The second-order valence-electron chi connectivity index (χ2n) is 6.97. The first-order valence-corrected chi connectivity index (χ1v) is 9.44. The third-order valence-electron chi connectivity index (χ3n) is 4.77. The number of nitrogens with one attached hydrogen (secondary N) is 1. The number of amides is 1. The molecular weight excluding hydrogens is 380 g/mol. The highest BCUT2D eigenvalue weighted by Gasteiger charge is 2.10. The summed E-state index contributed by atoms with van der Waals surface area (Å²) in [7, 11) is 3.42. The number of benzene rings is 2. The number of hydrogen-bond donors (Lipinski definition) is 2. The molecule has 0 saturated carbocycles. The molecule has 1 amide bonds. The lowest BCUT2D eigenvalue weighted by Crippen LogP contribution is -2.09. The number of phenolic OH excluding ortho intramolecular Hbond substituents is 1. The number of para-hydroxylation sites is 1. The molecule has 30 heavy (non-hydrogen) atoms. The molecule has 0 unspecified atom stereocenters. The Labute approximate surface area is 173 Å². The van der Waals surface area contributed by atoms with Crippen molar-refractivity contribution < 1.29 is 14.6 Å². The van der Waals surface area contributed by atoms with E-state index < -0.39 is 0 Å². The minimum absolute atomic E-state index is 0.0252. The molecule has 152 valence electrons. The molecule has 7 heteroatoms. The van der Waals surface area contributed by atoms with E-state index >= 15 is 0 Å². The standard InChI is InChI=1S/C23H22N4O3/c1-26-13-18(24-15-26)14-27-11-10-17-4-3-5-19(23(17)27)25-22(29)9-7-16-6-8-21(30-2)20(28)12-16/h3-13,15,28H,14H2,1-2H3,(H,25,29)/b9-7+. The van der Waals surface area contributed by atoms with Crippen LogP contribution in [0.25, 0.3) is 17.0 Å². The van der Waals surface area contributed by atoms with Gasteiger partial charge in [-0.25, -0.2) is 4.98 Å². The Morgan fingerprint density at radius 3 is 2.87 bits per heavy atom. The molecular formula is C23H22N4O3. The van der Waals surface area contributed by atoms with Crippen LogP contribution in [-0.2, 0) is 18.4 Å². The fraction of sp³-hybridized carbons (Fsp3) is 0.130. The Balaban J connectivity index is 1.55. The molecule has 0 radical (unpaired) electrons. The first-order valence-electron chi connectivity index (χ1n) is 9.44. The van der Waals surface area contributed by atoms with Crippen LogP contribution in [0, 0.1) is 0 Å². The maximum atomic E-state index is 12.5. The molecule has 0 fully saturated rings.